The van der Waals surface area contributed by atoms with Crippen LogP contribution in [0, 0.1) is 11.8 Å². The van der Waals surface area contributed by atoms with Gasteiger partial charge in [0.1, 0.15) is 10.6 Å². The number of nitrogens with zero attached hydrogens (tertiary/aromatic N) is 2. The molecular weight excluding hydrogens is 462 g/mol. The molecule has 3 rings (SSSR count). The minimum absolute atomic E-state index is 0.0614. The van der Waals surface area contributed by atoms with Gasteiger partial charge in [0.2, 0.25) is 15.8 Å². The van der Waals surface area contributed by atoms with Gasteiger partial charge in [0.05, 0.1) is 10.5 Å². The molecule has 0 aliphatic carbocycles. The van der Waals surface area contributed by atoms with E-state index in [1.165, 1.54) is 12.1 Å². The van der Waals surface area contributed by atoms with Gasteiger partial charge >= 0.3 is 0 Å². The van der Waals surface area contributed by atoms with E-state index in [0.717, 1.165) is 24.5 Å². The fourth-order valence-corrected chi connectivity index (χ4v) is 5.27. The van der Waals surface area contributed by atoms with Crippen LogP contribution in [-0.4, -0.2) is 38.3 Å². The number of rotatable bonds is 5. The summed E-state index contributed by atoms with van der Waals surface area (Å²) in [4.78, 5) is 19.2. The SMILES string of the molecule is NS(=O)(=O)c1ccccc1S(=O)(=O)CC(=O)c1cnc(C#Cc2ccc(Cl)cc2)nc1. The zero-order valence-corrected chi connectivity index (χ0v) is 18.1. The summed E-state index contributed by atoms with van der Waals surface area (Å²) >= 11 is 5.81. The molecule has 31 heavy (non-hydrogen) atoms. The maximum Gasteiger partial charge on any atom is 0.239 e. The Morgan fingerprint density at radius 2 is 1.48 bits per heavy atom. The number of benzene rings is 2. The molecule has 1 heterocycles. The van der Waals surface area contributed by atoms with Crippen LogP contribution in [0.5, 0.6) is 0 Å². The Kier molecular flexibility index (Phi) is 6.52. The van der Waals surface area contributed by atoms with Gasteiger partial charge in [0.15, 0.2) is 15.6 Å². The molecule has 0 bridgehead atoms. The predicted molar refractivity (Wildman–Crippen MR) is 114 cm³/mol. The number of sulfonamides is 1. The number of hydrogen-bond donors (Lipinski definition) is 1. The summed E-state index contributed by atoms with van der Waals surface area (Å²) in [6.45, 7) is 0. The van der Waals surface area contributed by atoms with Gasteiger partial charge in [0.25, 0.3) is 0 Å². The summed E-state index contributed by atoms with van der Waals surface area (Å²) in [7, 11) is -8.58. The number of hydrogen-bond acceptors (Lipinski definition) is 7. The van der Waals surface area contributed by atoms with Crippen LogP contribution in [-0.2, 0) is 19.9 Å². The number of nitrogens with two attached hydrogens (primary N) is 1. The highest BCUT2D eigenvalue weighted by atomic mass is 35.5. The summed E-state index contributed by atoms with van der Waals surface area (Å²) in [6, 6.07) is 11.6. The molecule has 1 aromatic heterocycles. The average Bonchev–Trinajstić information content (AvgIpc) is 2.73. The summed E-state index contributed by atoms with van der Waals surface area (Å²) in [5.74, 6) is 3.91. The Bertz CT molecular complexity index is 1410. The van der Waals surface area contributed by atoms with Crippen molar-refractivity contribution >= 4 is 37.2 Å². The molecule has 0 fully saturated rings. The van der Waals surface area contributed by atoms with Gasteiger partial charge in [-0.25, -0.2) is 31.9 Å². The summed E-state index contributed by atoms with van der Waals surface area (Å²) in [5.41, 5.74) is 0.626. The number of carbonyl (C=O) groups is 1. The number of sulfone groups is 1. The van der Waals surface area contributed by atoms with Crippen molar-refractivity contribution in [1.82, 2.24) is 9.97 Å². The monoisotopic (exact) mass is 475 g/mol. The van der Waals surface area contributed by atoms with Gasteiger partial charge in [-0.05, 0) is 42.3 Å². The minimum Gasteiger partial charge on any atom is -0.293 e. The van der Waals surface area contributed by atoms with Gasteiger partial charge in [-0.2, -0.15) is 0 Å². The van der Waals surface area contributed by atoms with E-state index in [1.807, 2.05) is 0 Å². The summed E-state index contributed by atoms with van der Waals surface area (Å²) in [5, 5.41) is 5.65. The van der Waals surface area contributed by atoms with E-state index < -0.39 is 41.2 Å². The van der Waals surface area contributed by atoms with Crippen LogP contribution in [0.4, 0.5) is 0 Å². The van der Waals surface area contributed by atoms with Crippen molar-refractivity contribution < 1.29 is 21.6 Å². The van der Waals surface area contributed by atoms with Crippen LogP contribution >= 0.6 is 11.6 Å². The normalized spacial score (nSPS) is 11.4. The van der Waals surface area contributed by atoms with Crippen molar-refractivity contribution in [1.29, 1.82) is 0 Å². The van der Waals surface area contributed by atoms with Crippen molar-refractivity contribution in [2.24, 2.45) is 5.14 Å². The Labute approximate surface area is 184 Å². The van der Waals surface area contributed by atoms with Crippen LogP contribution in [0.15, 0.2) is 70.7 Å². The molecule has 11 heteroatoms. The first kappa shape index (κ1) is 22.6. The molecule has 0 unspecified atom stereocenters. The highest BCUT2D eigenvalue weighted by molar-refractivity contribution is 7.94. The first-order valence-electron chi connectivity index (χ1n) is 8.54. The number of aromatic nitrogens is 2. The van der Waals surface area contributed by atoms with Crippen LogP contribution in [0.2, 0.25) is 5.02 Å². The number of primary sulfonamides is 1. The number of ketones is 1. The van der Waals surface area contributed by atoms with Crippen LogP contribution in [0.3, 0.4) is 0 Å². The lowest BCUT2D eigenvalue weighted by Gasteiger charge is -2.08. The molecule has 0 aliphatic rings. The third-order valence-corrected chi connectivity index (χ3v) is 6.97. The molecule has 3 aromatic rings. The molecule has 0 atom stereocenters. The van der Waals surface area contributed by atoms with Gasteiger partial charge in [-0.3, -0.25) is 4.79 Å². The number of Topliss-reactive ketones (excluding diaryl/α,β-unsaturated/α-hetero) is 1. The van der Waals surface area contributed by atoms with Gasteiger partial charge in [0, 0.05) is 23.0 Å². The fourth-order valence-electron chi connectivity index (χ4n) is 2.47. The van der Waals surface area contributed by atoms with Crippen molar-refractivity contribution in [3.8, 4) is 11.8 Å². The first-order valence-corrected chi connectivity index (χ1v) is 12.1. The second-order valence-corrected chi connectivity index (χ2v) is 10.2. The van der Waals surface area contributed by atoms with E-state index in [4.69, 9.17) is 16.7 Å². The number of halogens is 1. The Morgan fingerprint density at radius 3 is 2.06 bits per heavy atom. The van der Waals surface area contributed by atoms with Gasteiger partial charge in [-0.15, -0.1) is 0 Å². The van der Waals surface area contributed by atoms with Crippen LogP contribution < -0.4 is 5.14 Å². The third-order valence-electron chi connectivity index (χ3n) is 3.95. The van der Waals surface area contributed by atoms with Gasteiger partial charge in [-0.1, -0.05) is 29.7 Å². The van der Waals surface area contributed by atoms with E-state index >= 15 is 0 Å². The van der Waals surface area contributed by atoms with Crippen LogP contribution in [0.25, 0.3) is 0 Å². The van der Waals surface area contributed by atoms with Crippen molar-refractivity contribution in [3.63, 3.8) is 0 Å². The maximum atomic E-state index is 12.6. The quantitative estimate of drug-likeness (QED) is 0.439. The van der Waals surface area contributed by atoms with E-state index in [-0.39, 0.29) is 11.4 Å². The molecule has 8 nitrogen and oxygen atoms in total. The molecule has 0 amide bonds. The lowest BCUT2D eigenvalue weighted by Crippen LogP contribution is -2.21. The smallest absolute Gasteiger partial charge is 0.239 e. The maximum absolute atomic E-state index is 12.6. The molecule has 0 saturated carbocycles. The van der Waals surface area contributed by atoms with Crippen molar-refractivity contribution in [3.05, 3.63) is 82.9 Å². The molecule has 0 radical (unpaired) electrons. The van der Waals surface area contributed by atoms with E-state index in [2.05, 4.69) is 21.8 Å². The van der Waals surface area contributed by atoms with Crippen LogP contribution in [0.1, 0.15) is 21.7 Å². The fraction of sp³-hybridized carbons (Fsp3) is 0.0500. The molecule has 2 aromatic carbocycles. The molecule has 2 N–H and O–H groups in total. The standard InChI is InChI=1S/C20H14ClN3O5S2/c21-16-8-5-14(6-9-16)7-10-20-23-11-15(12-24-20)17(25)13-30(26,27)18-3-1-2-4-19(18)31(22,28)29/h1-6,8-9,11-12H,13H2,(H2,22,28,29). The molecule has 0 saturated heterocycles. The average molecular weight is 476 g/mol. The highest BCUT2D eigenvalue weighted by Gasteiger charge is 2.27. The first-order chi connectivity index (χ1) is 14.6. The van der Waals surface area contributed by atoms with Gasteiger partial charge < -0.3 is 0 Å². The van der Waals surface area contributed by atoms with E-state index in [1.54, 1.807) is 24.3 Å². The topological polar surface area (TPSA) is 137 Å². The summed E-state index contributed by atoms with van der Waals surface area (Å²) < 4.78 is 48.6. The van der Waals surface area contributed by atoms with E-state index in [9.17, 15) is 21.6 Å². The lowest BCUT2D eigenvalue weighted by atomic mass is 10.2. The minimum atomic E-state index is -4.29. The predicted octanol–water partition coefficient (Wildman–Crippen LogP) is 1.83. The van der Waals surface area contributed by atoms with Crippen molar-refractivity contribution in [2.75, 3.05) is 5.75 Å². The lowest BCUT2D eigenvalue weighted by molar-refractivity contribution is 0.102. The Balaban J connectivity index is 1.79. The highest BCUT2D eigenvalue weighted by Crippen LogP contribution is 2.21. The second kappa shape index (κ2) is 8.95. The van der Waals surface area contributed by atoms with Crippen molar-refractivity contribution in [2.45, 2.75) is 9.79 Å². The zero-order valence-electron chi connectivity index (χ0n) is 15.7. The Hall–Kier alpha value is -3.10. The molecule has 0 spiro atoms. The molecule has 158 valence electrons. The Morgan fingerprint density at radius 1 is 0.903 bits per heavy atom. The molecule has 0 aliphatic heterocycles. The largest absolute Gasteiger partial charge is 0.293 e. The van der Waals surface area contributed by atoms with E-state index in [0.29, 0.717) is 10.6 Å². The molecular formula is C20H14ClN3O5S2. The third kappa shape index (κ3) is 5.74. The number of carbonyl (C=O) groups excluding carboxylic acids is 1. The zero-order chi connectivity index (χ0) is 22.6. The second-order valence-electron chi connectivity index (χ2n) is 6.23. The summed E-state index contributed by atoms with van der Waals surface area (Å²) in [6.07, 6.45) is 2.31.